The molecule has 0 saturated heterocycles. The van der Waals surface area contributed by atoms with E-state index in [0.29, 0.717) is 6.42 Å². The van der Waals surface area contributed by atoms with Crippen LogP contribution in [0.15, 0.2) is 12.2 Å². The van der Waals surface area contributed by atoms with E-state index in [0.717, 1.165) is 25.7 Å². The molecule has 2 unspecified atom stereocenters. The summed E-state index contributed by atoms with van der Waals surface area (Å²) in [5, 5.41) is 12.7. The Morgan fingerprint density at radius 1 is 1.31 bits per heavy atom. The molecule has 4 N–H and O–H groups in total. The number of hydrogen-bond donors (Lipinski definition) is 3. The maximum atomic E-state index is 11.9. The number of rotatable bonds is 2. The lowest BCUT2D eigenvalue weighted by atomic mass is 9.92. The van der Waals surface area contributed by atoms with Gasteiger partial charge in [0, 0.05) is 6.04 Å². The minimum absolute atomic E-state index is 0.00651. The van der Waals surface area contributed by atoms with Crippen molar-refractivity contribution in [2.75, 3.05) is 0 Å². The Morgan fingerprint density at radius 3 is 2.69 bits per heavy atom. The molecule has 4 heteroatoms. The molecule has 0 radical (unpaired) electrons. The van der Waals surface area contributed by atoms with Crippen molar-refractivity contribution in [3.05, 3.63) is 12.2 Å². The highest BCUT2D eigenvalue weighted by Crippen LogP contribution is 2.21. The minimum Gasteiger partial charge on any atom is -0.391 e. The van der Waals surface area contributed by atoms with E-state index in [9.17, 15) is 9.90 Å². The van der Waals surface area contributed by atoms with E-state index in [1.807, 2.05) is 12.2 Å². The van der Waals surface area contributed by atoms with Crippen LogP contribution in [0.5, 0.6) is 0 Å². The van der Waals surface area contributed by atoms with Crippen molar-refractivity contribution in [3.63, 3.8) is 0 Å². The molecule has 16 heavy (non-hydrogen) atoms. The second-order valence-electron chi connectivity index (χ2n) is 4.86. The fraction of sp³-hybridized carbons (Fsp3) is 0.750. The summed E-state index contributed by atoms with van der Waals surface area (Å²) in [7, 11) is 0. The SMILES string of the molecule is NC1C=CC(C(=O)N[C@H]2CCCC[C@@H]2O)C1. The maximum absolute atomic E-state index is 11.9. The van der Waals surface area contributed by atoms with E-state index in [2.05, 4.69) is 5.32 Å². The van der Waals surface area contributed by atoms with Crippen LogP contribution in [0.2, 0.25) is 0 Å². The molecular formula is C12H20N2O2. The predicted molar refractivity (Wildman–Crippen MR) is 61.6 cm³/mol. The van der Waals surface area contributed by atoms with E-state index in [-0.39, 0.29) is 30.0 Å². The number of nitrogens with two attached hydrogens (primary N) is 1. The predicted octanol–water partition coefficient (Wildman–Crippen LogP) is 0.309. The topological polar surface area (TPSA) is 75.4 Å². The third-order valence-corrected chi connectivity index (χ3v) is 3.51. The second-order valence-corrected chi connectivity index (χ2v) is 4.86. The summed E-state index contributed by atoms with van der Waals surface area (Å²) in [6.45, 7) is 0. The molecule has 4 atom stereocenters. The van der Waals surface area contributed by atoms with Gasteiger partial charge < -0.3 is 16.2 Å². The molecule has 2 aliphatic rings. The summed E-state index contributed by atoms with van der Waals surface area (Å²) < 4.78 is 0. The lowest BCUT2D eigenvalue weighted by Gasteiger charge is -2.29. The van der Waals surface area contributed by atoms with Gasteiger partial charge >= 0.3 is 0 Å². The van der Waals surface area contributed by atoms with Crippen LogP contribution in [0.1, 0.15) is 32.1 Å². The number of nitrogens with one attached hydrogen (secondary N) is 1. The molecule has 0 aromatic heterocycles. The van der Waals surface area contributed by atoms with Gasteiger partial charge in [-0.3, -0.25) is 4.79 Å². The standard InChI is InChI=1S/C12H20N2O2/c13-9-6-5-8(7-9)12(16)14-10-3-1-2-4-11(10)15/h5-6,8-11,15H,1-4,7,13H2,(H,14,16)/t8?,9?,10-,11-/m0/s1. The van der Waals surface area contributed by atoms with Crippen LogP contribution in [0.4, 0.5) is 0 Å². The fourth-order valence-corrected chi connectivity index (χ4v) is 2.49. The molecule has 0 aliphatic heterocycles. The number of carbonyl (C=O) groups excluding carboxylic acids is 1. The van der Waals surface area contributed by atoms with Crippen LogP contribution in [-0.4, -0.2) is 29.2 Å². The van der Waals surface area contributed by atoms with Gasteiger partial charge in [-0.1, -0.05) is 25.0 Å². The molecule has 0 bridgehead atoms. The summed E-state index contributed by atoms with van der Waals surface area (Å²) in [6, 6.07) is -0.0569. The largest absolute Gasteiger partial charge is 0.391 e. The van der Waals surface area contributed by atoms with Crippen LogP contribution in [0, 0.1) is 5.92 Å². The minimum atomic E-state index is -0.378. The van der Waals surface area contributed by atoms with Crippen LogP contribution in [-0.2, 0) is 4.79 Å². The van der Waals surface area contributed by atoms with Crippen molar-refractivity contribution in [2.45, 2.75) is 50.3 Å². The van der Waals surface area contributed by atoms with Crippen molar-refractivity contribution < 1.29 is 9.90 Å². The monoisotopic (exact) mass is 224 g/mol. The van der Waals surface area contributed by atoms with E-state index in [4.69, 9.17) is 5.73 Å². The van der Waals surface area contributed by atoms with Crippen molar-refractivity contribution in [2.24, 2.45) is 11.7 Å². The molecule has 0 aromatic rings. The van der Waals surface area contributed by atoms with Gasteiger partial charge in [0.05, 0.1) is 18.1 Å². The smallest absolute Gasteiger partial charge is 0.227 e. The van der Waals surface area contributed by atoms with Gasteiger partial charge in [-0.2, -0.15) is 0 Å². The molecule has 0 heterocycles. The molecule has 2 rings (SSSR count). The summed E-state index contributed by atoms with van der Waals surface area (Å²) in [5.41, 5.74) is 5.71. The first-order valence-corrected chi connectivity index (χ1v) is 6.09. The van der Waals surface area contributed by atoms with Gasteiger partial charge in [0.2, 0.25) is 5.91 Å². The first-order chi connectivity index (χ1) is 7.66. The fourth-order valence-electron chi connectivity index (χ4n) is 2.49. The highest BCUT2D eigenvalue weighted by molar-refractivity contribution is 5.81. The molecule has 90 valence electrons. The van der Waals surface area contributed by atoms with Gasteiger partial charge in [-0.25, -0.2) is 0 Å². The Bertz CT molecular complexity index is 291. The Kier molecular flexibility index (Phi) is 3.61. The number of aliphatic hydroxyl groups is 1. The van der Waals surface area contributed by atoms with Crippen molar-refractivity contribution in [3.8, 4) is 0 Å². The third-order valence-electron chi connectivity index (χ3n) is 3.51. The van der Waals surface area contributed by atoms with Crippen LogP contribution < -0.4 is 11.1 Å². The van der Waals surface area contributed by atoms with E-state index in [1.165, 1.54) is 0 Å². The first kappa shape index (κ1) is 11.6. The zero-order valence-electron chi connectivity index (χ0n) is 9.43. The molecule has 1 amide bonds. The van der Waals surface area contributed by atoms with Gasteiger partial charge in [0.1, 0.15) is 0 Å². The molecule has 1 fully saturated rings. The van der Waals surface area contributed by atoms with Gasteiger partial charge in [-0.05, 0) is 19.3 Å². The third kappa shape index (κ3) is 2.62. The number of carbonyl (C=O) groups is 1. The second kappa shape index (κ2) is 4.97. The summed E-state index contributed by atoms with van der Waals surface area (Å²) >= 11 is 0. The Balaban J connectivity index is 1.84. The molecule has 0 aromatic carbocycles. The Labute approximate surface area is 95.9 Å². The van der Waals surface area contributed by atoms with Crippen LogP contribution >= 0.6 is 0 Å². The summed E-state index contributed by atoms with van der Waals surface area (Å²) in [5.74, 6) is -0.0979. The zero-order chi connectivity index (χ0) is 11.5. The van der Waals surface area contributed by atoms with Crippen LogP contribution in [0.3, 0.4) is 0 Å². The molecule has 4 nitrogen and oxygen atoms in total. The zero-order valence-corrected chi connectivity index (χ0v) is 9.43. The van der Waals surface area contributed by atoms with Crippen LogP contribution in [0.25, 0.3) is 0 Å². The van der Waals surface area contributed by atoms with E-state index >= 15 is 0 Å². The summed E-state index contributed by atoms with van der Waals surface area (Å²) in [6.07, 6.45) is 7.88. The van der Waals surface area contributed by atoms with Crippen molar-refractivity contribution in [1.29, 1.82) is 0 Å². The van der Waals surface area contributed by atoms with Crippen molar-refractivity contribution in [1.82, 2.24) is 5.32 Å². The Morgan fingerprint density at radius 2 is 2.06 bits per heavy atom. The van der Waals surface area contributed by atoms with E-state index < -0.39 is 0 Å². The first-order valence-electron chi connectivity index (χ1n) is 6.09. The van der Waals surface area contributed by atoms with Gasteiger partial charge in [0.15, 0.2) is 0 Å². The highest BCUT2D eigenvalue weighted by atomic mass is 16.3. The highest BCUT2D eigenvalue weighted by Gasteiger charge is 2.28. The van der Waals surface area contributed by atoms with Gasteiger partial charge in [-0.15, -0.1) is 0 Å². The molecular weight excluding hydrogens is 204 g/mol. The lowest BCUT2D eigenvalue weighted by molar-refractivity contribution is -0.125. The normalized spacial score (nSPS) is 38.6. The Hall–Kier alpha value is -0.870. The molecule has 1 saturated carbocycles. The van der Waals surface area contributed by atoms with Gasteiger partial charge in [0.25, 0.3) is 0 Å². The average molecular weight is 224 g/mol. The molecule has 0 spiro atoms. The summed E-state index contributed by atoms with van der Waals surface area (Å²) in [4.78, 5) is 11.9. The number of aliphatic hydroxyl groups excluding tert-OH is 1. The lowest BCUT2D eigenvalue weighted by Crippen LogP contribution is -2.47. The van der Waals surface area contributed by atoms with E-state index in [1.54, 1.807) is 0 Å². The number of amides is 1. The average Bonchev–Trinajstić information content (AvgIpc) is 2.68. The van der Waals surface area contributed by atoms with Crippen molar-refractivity contribution >= 4 is 5.91 Å². The molecule has 2 aliphatic carbocycles. The quantitative estimate of drug-likeness (QED) is 0.591. The number of hydrogen-bond acceptors (Lipinski definition) is 3. The maximum Gasteiger partial charge on any atom is 0.227 e.